The Morgan fingerprint density at radius 1 is 1.54 bits per heavy atom. The van der Waals surface area contributed by atoms with E-state index in [1.165, 1.54) is 24.2 Å². The molecule has 1 aliphatic rings. The van der Waals surface area contributed by atoms with Crippen molar-refractivity contribution in [1.82, 2.24) is 9.97 Å². The van der Waals surface area contributed by atoms with E-state index in [0.29, 0.717) is 5.92 Å². The van der Waals surface area contributed by atoms with Crippen LogP contribution >= 0.6 is 11.3 Å². The van der Waals surface area contributed by atoms with Crippen LogP contribution in [-0.2, 0) is 0 Å². The largest absolute Gasteiger partial charge is 0.448 e. The fraction of sp³-hybridized carbons (Fsp3) is 0.333. The van der Waals surface area contributed by atoms with Crippen LogP contribution in [-0.4, -0.2) is 9.97 Å². The zero-order valence-corrected chi connectivity index (χ0v) is 7.67. The Hall–Kier alpha value is -1.16. The van der Waals surface area contributed by atoms with Gasteiger partial charge in [0.05, 0.1) is 5.38 Å². The first-order valence-electron chi connectivity index (χ1n) is 4.21. The second kappa shape index (κ2) is 2.67. The first kappa shape index (κ1) is 7.26. The van der Waals surface area contributed by atoms with Crippen molar-refractivity contribution in [2.24, 2.45) is 0 Å². The van der Waals surface area contributed by atoms with Gasteiger partial charge < -0.3 is 4.42 Å². The summed E-state index contributed by atoms with van der Waals surface area (Å²) in [5, 5.41) is 3.82. The van der Waals surface area contributed by atoms with E-state index in [4.69, 9.17) is 4.42 Å². The second-order valence-electron chi connectivity index (χ2n) is 3.13. The van der Waals surface area contributed by atoms with Gasteiger partial charge in [0, 0.05) is 12.1 Å². The summed E-state index contributed by atoms with van der Waals surface area (Å²) in [7, 11) is 0. The first-order valence-corrected chi connectivity index (χ1v) is 5.03. The molecule has 0 aromatic carbocycles. The molecule has 13 heavy (non-hydrogen) atoms. The summed E-state index contributed by atoms with van der Waals surface area (Å²) in [6.07, 6.45) is 5.76. The van der Waals surface area contributed by atoms with E-state index in [0.717, 1.165) is 16.6 Å². The monoisotopic (exact) mass is 191 g/mol. The normalized spacial score (nSPS) is 16.3. The molecule has 0 spiro atoms. The number of aromatic nitrogens is 2. The molecule has 0 amide bonds. The van der Waals surface area contributed by atoms with Gasteiger partial charge in [-0.2, -0.15) is 0 Å². The minimum atomic E-state index is 0.567. The average molecular weight is 191 g/mol. The zero-order chi connectivity index (χ0) is 8.67. The molecule has 4 heteroatoms. The molecule has 1 aliphatic carbocycles. The van der Waals surface area contributed by atoms with Gasteiger partial charge in [-0.1, -0.05) is 0 Å². The molecule has 0 atom stereocenters. The van der Waals surface area contributed by atoms with Gasteiger partial charge in [0.15, 0.2) is 5.89 Å². The van der Waals surface area contributed by atoms with Crippen LogP contribution in [0.25, 0.3) is 10.7 Å². The standard InChI is InChI=1S/C9H7N2OS/c1-2-6(1)8-11-7(5-12-8)9-10-3-4-13-9/h3,5-6H,1-2H2. The Bertz CT molecular complexity index is 403. The highest BCUT2D eigenvalue weighted by molar-refractivity contribution is 7.12. The molecule has 0 saturated heterocycles. The molecule has 3 rings (SSSR count). The van der Waals surface area contributed by atoms with Crippen LogP contribution in [0.15, 0.2) is 16.9 Å². The van der Waals surface area contributed by atoms with Gasteiger partial charge in [-0.15, -0.1) is 11.3 Å². The van der Waals surface area contributed by atoms with Crippen LogP contribution < -0.4 is 0 Å². The molecule has 2 heterocycles. The maximum atomic E-state index is 5.35. The molecule has 0 N–H and O–H groups in total. The number of nitrogens with zero attached hydrogens (tertiary/aromatic N) is 2. The summed E-state index contributed by atoms with van der Waals surface area (Å²) in [6.45, 7) is 0. The van der Waals surface area contributed by atoms with E-state index in [2.05, 4.69) is 15.3 Å². The molecule has 0 aliphatic heterocycles. The summed E-state index contributed by atoms with van der Waals surface area (Å²) in [4.78, 5) is 8.50. The predicted molar refractivity (Wildman–Crippen MR) is 48.4 cm³/mol. The number of thiazole rings is 1. The van der Waals surface area contributed by atoms with E-state index < -0.39 is 0 Å². The lowest BCUT2D eigenvalue weighted by Gasteiger charge is -1.84. The van der Waals surface area contributed by atoms with Gasteiger partial charge in [-0.3, -0.25) is 0 Å². The fourth-order valence-electron chi connectivity index (χ4n) is 1.22. The summed E-state index contributed by atoms with van der Waals surface area (Å²) >= 11 is 1.46. The smallest absolute Gasteiger partial charge is 0.197 e. The molecule has 65 valence electrons. The Morgan fingerprint density at radius 3 is 3.15 bits per heavy atom. The van der Waals surface area contributed by atoms with Crippen LogP contribution in [0.2, 0.25) is 0 Å². The lowest BCUT2D eigenvalue weighted by atomic mass is 10.4. The molecule has 1 saturated carbocycles. The Kier molecular flexibility index (Phi) is 1.49. The quantitative estimate of drug-likeness (QED) is 0.732. The SMILES string of the molecule is [c]1cnc(-c2coc(C3CC3)n2)s1. The average Bonchev–Trinajstić information content (AvgIpc) is 2.72. The third-order valence-corrected chi connectivity index (χ3v) is 2.79. The summed E-state index contributed by atoms with van der Waals surface area (Å²) < 4.78 is 5.35. The molecule has 2 aromatic heterocycles. The maximum absolute atomic E-state index is 5.35. The lowest BCUT2D eigenvalue weighted by molar-refractivity contribution is 0.497. The lowest BCUT2D eigenvalue weighted by Crippen LogP contribution is -1.79. The molecular weight excluding hydrogens is 184 g/mol. The Labute approximate surface area is 79.5 Å². The second-order valence-corrected chi connectivity index (χ2v) is 3.96. The fourth-order valence-corrected chi connectivity index (χ4v) is 1.74. The highest BCUT2D eigenvalue weighted by atomic mass is 32.1. The van der Waals surface area contributed by atoms with Crippen molar-refractivity contribution >= 4 is 11.3 Å². The molecule has 1 radical (unpaired) electrons. The predicted octanol–water partition coefficient (Wildman–Crippen LogP) is 2.48. The molecule has 2 aromatic rings. The van der Waals surface area contributed by atoms with Gasteiger partial charge in [0.2, 0.25) is 0 Å². The zero-order valence-electron chi connectivity index (χ0n) is 6.86. The molecule has 1 fully saturated rings. The minimum absolute atomic E-state index is 0.567. The molecule has 3 nitrogen and oxygen atoms in total. The number of hydrogen-bond acceptors (Lipinski definition) is 4. The molecule has 0 bridgehead atoms. The van der Waals surface area contributed by atoms with Crippen LogP contribution in [0.1, 0.15) is 24.7 Å². The maximum Gasteiger partial charge on any atom is 0.197 e. The van der Waals surface area contributed by atoms with Crippen molar-refractivity contribution in [2.75, 3.05) is 0 Å². The highest BCUT2D eigenvalue weighted by Crippen LogP contribution is 2.40. The summed E-state index contributed by atoms with van der Waals surface area (Å²) in [6, 6.07) is 0. The van der Waals surface area contributed by atoms with E-state index >= 15 is 0 Å². The van der Waals surface area contributed by atoms with Gasteiger partial charge in [0.25, 0.3) is 0 Å². The first-order chi connectivity index (χ1) is 6.43. The van der Waals surface area contributed by atoms with Gasteiger partial charge >= 0.3 is 0 Å². The Morgan fingerprint density at radius 2 is 2.46 bits per heavy atom. The van der Waals surface area contributed by atoms with Gasteiger partial charge in [-0.05, 0) is 12.8 Å². The topological polar surface area (TPSA) is 38.9 Å². The number of hydrogen-bond donors (Lipinski definition) is 0. The Balaban J connectivity index is 1.97. The van der Waals surface area contributed by atoms with E-state index in [1.54, 1.807) is 12.5 Å². The van der Waals surface area contributed by atoms with Crippen LogP contribution in [0.4, 0.5) is 0 Å². The molecular formula is C9H7N2OS. The van der Waals surface area contributed by atoms with E-state index in [9.17, 15) is 0 Å². The highest BCUT2D eigenvalue weighted by Gasteiger charge is 2.28. The van der Waals surface area contributed by atoms with Crippen molar-refractivity contribution < 1.29 is 4.42 Å². The number of rotatable bonds is 2. The van der Waals surface area contributed by atoms with Crippen molar-refractivity contribution in [3.05, 3.63) is 23.7 Å². The van der Waals surface area contributed by atoms with Crippen LogP contribution in [0, 0.1) is 5.38 Å². The van der Waals surface area contributed by atoms with Crippen molar-refractivity contribution in [2.45, 2.75) is 18.8 Å². The van der Waals surface area contributed by atoms with Gasteiger partial charge in [0.1, 0.15) is 17.0 Å². The van der Waals surface area contributed by atoms with Crippen molar-refractivity contribution in [1.29, 1.82) is 0 Å². The molecule has 0 unspecified atom stereocenters. The number of oxazole rings is 1. The minimum Gasteiger partial charge on any atom is -0.448 e. The third kappa shape index (κ3) is 1.27. The summed E-state index contributed by atoms with van der Waals surface area (Å²) in [5.41, 5.74) is 0.841. The van der Waals surface area contributed by atoms with Crippen LogP contribution in [0.3, 0.4) is 0 Å². The van der Waals surface area contributed by atoms with Gasteiger partial charge in [-0.25, -0.2) is 9.97 Å². The van der Waals surface area contributed by atoms with Crippen molar-refractivity contribution in [3.63, 3.8) is 0 Å². The van der Waals surface area contributed by atoms with E-state index in [1.807, 2.05) is 0 Å². The van der Waals surface area contributed by atoms with Crippen molar-refractivity contribution in [3.8, 4) is 10.7 Å². The van der Waals surface area contributed by atoms with E-state index in [-0.39, 0.29) is 0 Å². The summed E-state index contributed by atoms with van der Waals surface area (Å²) in [5.74, 6) is 1.43. The van der Waals surface area contributed by atoms with Crippen LogP contribution in [0.5, 0.6) is 0 Å². The third-order valence-electron chi connectivity index (χ3n) is 2.06.